The van der Waals surface area contributed by atoms with Gasteiger partial charge in [0.05, 0.1) is 22.5 Å². The summed E-state index contributed by atoms with van der Waals surface area (Å²) in [5.41, 5.74) is 4.95. The summed E-state index contributed by atoms with van der Waals surface area (Å²) in [4.78, 5) is 38.6. The average molecular weight is 371 g/mol. The molecule has 3 aromatic carbocycles. The highest BCUT2D eigenvalue weighted by Crippen LogP contribution is 2.24. The van der Waals surface area contributed by atoms with Crippen LogP contribution in [-0.4, -0.2) is 29.2 Å². The molecule has 4 rings (SSSR count). The molecule has 0 saturated carbocycles. The number of benzene rings is 3. The molecule has 0 aromatic heterocycles. The summed E-state index contributed by atoms with van der Waals surface area (Å²) in [5.74, 6) is -1.38. The molecule has 1 heterocycles. The van der Waals surface area contributed by atoms with Crippen LogP contribution in [0, 0.1) is 0 Å². The van der Waals surface area contributed by atoms with E-state index in [0.29, 0.717) is 11.1 Å². The Labute approximate surface area is 162 Å². The minimum Gasteiger partial charge on any atom is -0.271 e. The van der Waals surface area contributed by atoms with Crippen molar-refractivity contribution in [1.82, 2.24) is 10.3 Å². The lowest BCUT2D eigenvalue weighted by Crippen LogP contribution is -2.46. The third-order valence-electron chi connectivity index (χ3n) is 4.45. The van der Waals surface area contributed by atoms with Gasteiger partial charge < -0.3 is 0 Å². The lowest BCUT2D eigenvalue weighted by atomic mass is 10.1. The number of fused-ring (bicyclic) bond motifs is 1. The summed E-state index contributed by atoms with van der Waals surface area (Å²) in [5, 5.41) is 1.63. The Morgan fingerprint density at radius 3 is 1.61 bits per heavy atom. The quantitative estimate of drug-likeness (QED) is 0.553. The van der Waals surface area contributed by atoms with Gasteiger partial charge in [0, 0.05) is 0 Å². The van der Waals surface area contributed by atoms with E-state index in [-0.39, 0.29) is 6.54 Å². The summed E-state index contributed by atoms with van der Waals surface area (Å²) in [6.45, 7) is -0.359. The van der Waals surface area contributed by atoms with Crippen LogP contribution in [0.15, 0.2) is 84.9 Å². The van der Waals surface area contributed by atoms with Crippen LogP contribution in [0.2, 0.25) is 0 Å². The number of nitrogens with zero attached hydrogens (tertiary/aromatic N) is 2. The number of imide groups is 1. The topological polar surface area (TPSA) is 69.7 Å². The standard InChI is InChI=1S/C22H17N3O3/c26-20(15-24-21(27)18-13-7-8-14-19(18)22(24)28)23-25(16-9-3-1-4-10-16)17-11-5-2-6-12-17/h1-14H,15H2,(H,23,26). The molecule has 0 saturated heterocycles. The normalized spacial score (nSPS) is 12.6. The van der Waals surface area contributed by atoms with Crippen LogP contribution in [0.3, 0.4) is 0 Å². The Morgan fingerprint density at radius 1 is 0.714 bits per heavy atom. The van der Waals surface area contributed by atoms with Gasteiger partial charge in [-0.3, -0.25) is 29.7 Å². The first-order chi connectivity index (χ1) is 13.6. The van der Waals surface area contributed by atoms with E-state index in [0.717, 1.165) is 16.3 Å². The second kappa shape index (κ2) is 7.36. The van der Waals surface area contributed by atoms with Crippen LogP contribution in [-0.2, 0) is 4.79 Å². The van der Waals surface area contributed by atoms with E-state index >= 15 is 0 Å². The molecule has 0 aliphatic carbocycles. The van der Waals surface area contributed by atoms with E-state index in [1.807, 2.05) is 60.7 Å². The third-order valence-corrected chi connectivity index (χ3v) is 4.45. The molecular weight excluding hydrogens is 354 g/mol. The highest BCUT2D eigenvalue weighted by Gasteiger charge is 2.36. The van der Waals surface area contributed by atoms with Gasteiger partial charge in [0.2, 0.25) is 0 Å². The molecule has 0 spiro atoms. The number of hydrogen-bond donors (Lipinski definition) is 1. The molecule has 1 N–H and O–H groups in total. The minimum absolute atomic E-state index is 0.322. The van der Waals surface area contributed by atoms with Gasteiger partial charge in [0.25, 0.3) is 17.7 Å². The van der Waals surface area contributed by atoms with E-state index in [2.05, 4.69) is 5.43 Å². The Kier molecular flexibility index (Phi) is 4.60. The Bertz CT molecular complexity index is 961. The van der Waals surface area contributed by atoms with E-state index in [9.17, 15) is 14.4 Å². The molecule has 28 heavy (non-hydrogen) atoms. The average Bonchev–Trinajstić information content (AvgIpc) is 2.98. The molecule has 6 heteroatoms. The van der Waals surface area contributed by atoms with E-state index in [1.54, 1.807) is 29.3 Å². The van der Waals surface area contributed by atoms with Crippen LogP contribution in [0.1, 0.15) is 20.7 Å². The van der Waals surface area contributed by atoms with Gasteiger partial charge >= 0.3 is 0 Å². The highest BCUT2D eigenvalue weighted by molar-refractivity contribution is 6.22. The number of carbonyl (C=O) groups excluding carboxylic acids is 3. The van der Waals surface area contributed by atoms with Crippen molar-refractivity contribution in [2.24, 2.45) is 0 Å². The lowest BCUT2D eigenvalue weighted by Gasteiger charge is -2.26. The molecule has 0 bridgehead atoms. The Morgan fingerprint density at radius 2 is 1.14 bits per heavy atom. The van der Waals surface area contributed by atoms with E-state index in [1.165, 1.54) is 0 Å². The summed E-state index contributed by atoms with van der Waals surface area (Å²) in [6, 6.07) is 25.2. The van der Waals surface area contributed by atoms with Crippen molar-refractivity contribution in [1.29, 1.82) is 0 Å². The monoisotopic (exact) mass is 371 g/mol. The molecule has 0 radical (unpaired) electrons. The summed E-state index contributed by atoms with van der Waals surface area (Å²) >= 11 is 0. The number of nitrogens with one attached hydrogen (secondary N) is 1. The maximum absolute atomic E-state index is 12.7. The lowest BCUT2D eigenvalue weighted by molar-refractivity contribution is -0.121. The molecule has 6 nitrogen and oxygen atoms in total. The van der Waals surface area contributed by atoms with E-state index < -0.39 is 17.7 Å². The summed E-state index contributed by atoms with van der Waals surface area (Å²) in [6.07, 6.45) is 0. The van der Waals surface area contributed by atoms with Gasteiger partial charge in [0.1, 0.15) is 6.54 Å². The first-order valence-electron chi connectivity index (χ1n) is 8.80. The predicted molar refractivity (Wildman–Crippen MR) is 105 cm³/mol. The molecule has 138 valence electrons. The predicted octanol–water partition coefficient (Wildman–Crippen LogP) is 3.15. The summed E-state index contributed by atoms with van der Waals surface area (Å²) in [7, 11) is 0. The van der Waals surface area contributed by atoms with Crippen molar-refractivity contribution < 1.29 is 14.4 Å². The zero-order valence-corrected chi connectivity index (χ0v) is 14.9. The molecule has 3 amide bonds. The number of para-hydroxylation sites is 2. The minimum atomic E-state index is -0.470. The number of carbonyl (C=O) groups is 3. The Balaban J connectivity index is 1.55. The maximum atomic E-state index is 12.7. The highest BCUT2D eigenvalue weighted by atomic mass is 16.2. The van der Waals surface area contributed by atoms with Gasteiger partial charge in [-0.25, -0.2) is 0 Å². The first-order valence-corrected chi connectivity index (χ1v) is 8.80. The summed E-state index contributed by atoms with van der Waals surface area (Å²) < 4.78 is 0. The van der Waals surface area contributed by atoms with Crippen molar-refractivity contribution in [3.05, 3.63) is 96.1 Å². The van der Waals surface area contributed by atoms with Crippen molar-refractivity contribution in [3.8, 4) is 0 Å². The largest absolute Gasteiger partial charge is 0.271 e. The fourth-order valence-corrected chi connectivity index (χ4v) is 3.12. The van der Waals surface area contributed by atoms with Crippen LogP contribution < -0.4 is 10.4 Å². The number of rotatable bonds is 5. The molecule has 1 aliphatic heterocycles. The van der Waals surface area contributed by atoms with Crippen LogP contribution in [0.4, 0.5) is 11.4 Å². The van der Waals surface area contributed by atoms with Gasteiger partial charge in [-0.2, -0.15) is 0 Å². The molecule has 3 aromatic rings. The van der Waals surface area contributed by atoms with Gasteiger partial charge in [-0.15, -0.1) is 0 Å². The molecule has 0 unspecified atom stereocenters. The van der Waals surface area contributed by atoms with Gasteiger partial charge in [-0.1, -0.05) is 48.5 Å². The van der Waals surface area contributed by atoms with E-state index in [4.69, 9.17) is 0 Å². The molecule has 0 fully saturated rings. The maximum Gasteiger partial charge on any atom is 0.262 e. The van der Waals surface area contributed by atoms with Crippen LogP contribution >= 0.6 is 0 Å². The number of anilines is 2. The SMILES string of the molecule is O=C(CN1C(=O)c2ccccc2C1=O)NN(c1ccccc1)c1ccccc1. The number of hydrogen-bond acceptors (Lipinski definition) is 4. The molecule has 0 atom stereocenters. The molecule has 1 aliphatic rings. The van der Waals surface area contributed by atoms with Crippen molar-refractivity contribution in [2.75, 3.05) is 11.6 Å². The fourth-order valence-electron chi connectivity index (χ4n) is 3.12. The molecular formula is C22H17N3O3. The zero-order valence-electron chi connectivity index (χ0n) is 14.9. The zero-order chi connectivity index (χ0) is 19.5. The van der Waals surface area contributed by atoms with Crippen LogP contribution in [0.25, 0.3) is 0 Å². The fraction of sp³-hybridized carbons (Fsp3) is 0.0455. The number of hydrazine groups is 1. The second-order valence-electron chi connectivity index (χ2n) is 6.28. The first kappa shape index (κ1) is 17.5. The van der Waals surface area contributed by atoms with Gasteiger partial charge in [0.15, 0.2) is 0 Å². The third kappa shape index (κ3) is 3.23. The van der Waals surface area contributed by atoms with Crippen molar-refractivity contribution in [3.63, 3.8) is 0 Å². The van der Waals surface area contributed by atoms with Crippen LogP contribution in [0.5, 0.6) is 0 Å². The van der Waals surface area contributed by atoms with Gasteiger partial charge in [-0.05, 0) is 36.4 Å². The van der Waals surface area contributed by atoms with Crippen molar-refractivity contribution in [2.45, 2.75) is 0 Å². The smallest absolute Gasteiger partial charge is 0.262 e. The van der Waals surface area contributed by atoms with Crippen molar-refractivity contribution >= 4 is 29.1 Å². The Hall–Kier alpha value is -3.93. The second-order valence-corrected chi connectivity index (χ2v) is 6.28. The number of amides is 3.